The van der Waals surface area contributed by atoms with Crippen LogP contribution >= 0.6 is 0 Å². The van der Waals surface area contributed by atoms with E-state index in [-0.39, 0.29) is 32.3 Å². The molecule has 1 aromatic heterocycles. The molecule has 22 heavy (non-hydrogen) atoms. The molecule has 1 aliphatic rings. The quantitative estimate of drug-likeness (QED) is 0.586. The van der Waals surface area contributed by atoms with Crippen LogP contribution < -0.4 is 5.56 Å². The zero-order valence-corrected chi connectivity index (χ0v) is 12.1. The van der Waals surface area contributed by atoms with Crippen LogP contribution in [0.3, 0.4) is 0 Å². The first-order chi connectivity index (χ1) is 10.5. The molecule has 0 spiro atoms. The van der Waals surface area contributed by atoms with Crippen molar-refractivity contribution in [2.75, 3.05) is 33.0 Å². The van der Waals surface area contributed by atoms with Crippen molar-refractivity contribution in [2.24, 2.45) is 0 Å². The van der Waals surface area contributed by atoms with Crippen molar-refractivity contribution in [3.63, 3.8) is 0 Å². The van der Waals surface area contributed by atoms with Crippen molar-refractivity contribution in [3.05, 3.63) is 21.9 Å². The van der Waals surface area contributed by atoms with E-state index in [9.17, 15) is 14.7 Å². The molecule has 9 heteroatoms. The second kappa shape index (κ2) is 6.86. The lowest BCUT2D eigenvalue weighted by atomic mass is 10.0. The largest absolute Gasteiger partial charge is 0.501 e. The van der Waals surface area contributed by atoms with Crippen molar-refractivity contribution in [1.82, 2.24) is 9.97 Å². The number of nitrogens with one attached hydrogen (secondary N) is 1. The van der Waals surface area contributed by atoms with E-state index in [1.54, 1.807) is 6.92 Å². The van der Waals surface area contributed by atoms with Crippen LogP contribution in [0.1, 0.15) is 29.7 Å². The maximum atomic E-state index is 11.8. The standard InChI is InChI=1S/C13H18N2O7/c1-2-21-11(19)8-9(17)10(18)15-12(14-8)13(22-6-4-16)3-5-20-7-13/h16-17H,2-7H2,1H3,(H,14,15,18). The van der Waals surface area contributed by atoms with Gasteiger partial charge in [0.15, 0.2) is 11.3 Å². The van der Waals surface area contributed by atoms with Crippen LogP contribution in [0.4, 0.5) is 0 Å². The number of aliphatic hydroxyl groups excluding tert-OH is 1. The van der Waals surface area contributed by atoms with Crippen LogP contribution in [0.2, 0.25) is 0 Å². The molecule has 0 amide bonds. The first-order valence-corrected chi connectivity index (χ1v) is 6.87. The number of aliphatic hydroxyl groups is 1. The first-order valence-electron chi connectivity index (χ1n) is 6.87. The van der Waals surface area contributed by atoms with Crippen LogP contribution in [0, 0.1) is 0 Å². The number of aromatic hydroxyl groups is 1. The molecule has 1 saturated heterocycles. The summed E-state index contributed by atoms with van der Waals surface area (Å²) in [4.78, 5) is 30.0. The van der Waals surface area contributed by atoms with E-state index in [4.69, 9.17) is 19.3 Å². The molecular formula is C13H18N2O7. The Morgan fingerprint density at radius 1 is 1.55 bits per heavy atom. The number of rotatable bonds is 6. The maximum absolute atomic E-state index is 11.8. The van der Waals surface area contributed by atoms with Crippen LogP contribution in [-0.4, -0.2) is 59.2 Å². The van der Waals surface area contributed by atoms with E-state index in [1.807, 2.05) is 0 Å². The fraction of sp³-hybridized carbons (Fsp3) is 0.615. The third-order valence-corrected chi connectivity index (χ3v) is 3.25. The van der Waals surface area contributed by atoms with E-state index in [2.05, 4.69) is 9.97 Å². The lowest BCUT2D eigenvalue weighted by molar-refractivity contribution is -0.0716. The minimum Gasteiger partial charge on any atom is -0.501 e. The lowest BCUT2D eigenvalue weighted by Gasteiger charge is -2.26. The van der Waals surface area contributed by atoms with Crippen LogP contribution in [0.25, 0.3) is 0 Å². The van der Waals surface area contributed by atoms with E-state index < -0.39 is 28.6 Å². The minimum absolute atomic E-state index is 0.0166. The van der Waals surface area contributed by atoms with E-state index in [1.165, 1.54) is 0 Å². The maximum Gasteiger partial charge on any atom is 0.361 e. The molecule has 1 aromatic rings. The van der Waals surface area contributed by atoms with E-state index >= 15 is 0 Å². The molecule has 2 rings (SSSR count). The third-order valence-electron chi connectivity index (χ3n) is 3.25. The van der Waals surface area contributed by atoms with Gasteiger partial charge in [-0.15, -0.1) is 0 Å². The fourth-order valence-electron chi connectivity index (χ4n) is 2.18. The summed E-state index contributed by atoms with van der Waals surface area (Å²) < 4.78 is 15.6. The van der Waals surface area contributed by atoms with Gasteiger partial charge in [0, 0.05) is 6.42 Å². The average Bonchev–Trinajstić information content (AvgIpc) is 2.98. The number of ether oxygens (including phenoxy) is 3. The average molecular weight is 314 g/mol. The van der Waals surface area contributed by atoms with Crippen molar-refractivity contribution in [3.8, 4) is 5.75 Å². The normalized spacial score (nSPS) is 21.0. The Bertz CT molecular complexity index is 593. The summed E-state index contributed by atoms with van der Waals surface area (Å²) in [5, 5.41) is 18.6. The zero-order chi connectivity index (χ0) is 16.2. The number of H-pyrrole nitrogens is 1. The molecule has 0 aromatic carbocycles. The number of esters is 1. The van der Waals surface area contributed by atoms with Gasteiger partial charge in [-0.2, -0.15) is 0 Å². The molecule has 122 valence electrons. The highest BCUT2D eigenvalue weighted by Gasteiger charge is 2.41. The second-order valence-corrected chi connectivity index (χ2v) is 4.70. The molecule has 0 aliphatic carbocycles. The smallest absolute Gasteiger partial charge is 0.361 e. The molecule has 1 unspecified atom stereocenters. The van der Waals surface area contributed by atoms with Crippen LogP contribution in [0.15, 0.2) is 4.79 Å². The summed E-state index contributed by atoms with van der Waals surface area (Å²) in [5.41, 5.74) is -2.41. The SMILES string of the molecule is CCOC(=O)c1nc(C2(OCCO)CCOC2)[nH]c(=O)c1O. The van der Waals surface area contributed by atoms with Gasteiger partial charge in [-0.1, -0.05) is 0 Å². The number of aromatic amines is 1. The predicted octanol–water partition coefficient (Wildman–Crippen LogP) is -0.723. The molecule has 1 atom stereocenters. The van der Waals surface area contributed by atoms with Crippen molar-refractivity contribution < 1.29 is 29.2 Å². The number of hydrogen-bond acceptors (Lipinski definition) is 8. The lowest BCUT2D eigenvalue weighted by Crippen LogP contribution is -2.36. The minimum atomic E-state index is -1.07. The van der Waals surface area contributed by atoms with Gasteiger partial charge in [-0.3, -0.25) is 4.79 Å². The molecule has 1 aliphatic heterocycles. The number of nitrogens with zero attached hydrogens (tertiary/aromatic N) is 1. The van der Waals surface area contributed by atoms with Gasteiger partial charge < -0.3 is 29.4 Å². The second-order valence-electron chi connectivity index (χ2n) is 4.70. The van der Waals surface area contributed by atoms with Crippen LogP contribution in [0.5, 0.6) is 5.75 Å². The highest BCUT2D eigenvalue weighted by atomic mass is 16.6. The van der Waals surface area contributed by atoms with Crippen molar-refractivity contribution in [1.29, 1.82) is 0 Å². The zero-order valence-electron chi connectivity index (χ0n) is 12.1. The summed E-state index contributed by atoms with van der Waals surface area (Å²) in [6.45, 7) is 1.97. The molecule has 9 nitrogen and oxygen atoms in total. The molecule has 0 radical (unpaired) electrons. The van der Waals surface area contributed by atoms with Gasteiger partial charge in [0.2, 0.25) is 5.75 Å². The highest BCUT2D eigenvalue weighted by molar-refractivity contribution is 5.89. The van der Waals surface area contributed by atoms with Gasteiger partial charge in [0.25, 0.3) is 5.56 Å². The third kappa shape index (κ3) is 3.11. The summed E-state index contributed by atoms with van der Waals surface area (Å²) in [5.74, 6) is -1.65. The summed E-state index contributed by atoms with van der Waals surface area (Å²) in [6.07, 6.45) is 0.392. The first kappa shape index (κ1) is 16.4. The number of carbonyl (C=O) groups excluding carboxylic acids is 1. The van der Waals surface area contributed by atoms with E-state index in [0.29, 0.717) is 13.0 Å². The Hall–Kier alpha value is -1.97. The Balaban J connectivity index is 2.45. The van der Waals surface area contributed by atoms with Gasteiger partial charge in [-0.25, -0.2) is 9.78 Å². The summed E-state index contributed by atoms with van der Waals surface area (Å²) >= 11 is 0. The van der Waals surface area contributed by atoms with Crippen molar-refractivity contribution >= 4 is 5.97 Å². The monoisotopic (exact) mass is 314 g/mol. The summed E-state index contributed by atoms with van der Waals surface area (Å²) in [7, 11) is 0. The summed E-state index contributed by atoms with van der Waals surface area (Å²) in [6, 6.07) is 0. The molecule has 3 N–H and O–H groups in total. The van der Waals surface area contributed by atoms with Gasteiger partial charge in [-0.05, 0) is 6.92 Å². The molecule has 0 bridgehead atoms. The van der Waals surface area contributed by atoms with Crippen LogP contribution in [-0.2, 0) is 19.8 Å². The highest BCUT2D eigenvalue weighted by Crippen LogP contribution is 2.32. The number of carbonyl (C=O) groups is 1. The Labute approximate surface area is 125 Å². The Kier molecular flexibility index (Phi) is 5.11. The van der Waals surface area contributed by atoms with E-state index in [0.717, 1.165) is 0 Å². The van der Waals surface area contributed by atoms with Gasteiger partial charge in [0.05, 0.1) is 33.0 Å². The van der Waals surface area contributed by atoms with Crippen molar-refractivity contribution in [2.45, 2.75) is 18.9 Å². The Morgan fingerprint density at radius 3 is 2.91 bits per heavy atom. The predicted molar refractivity (Wildman–Crippen MR) is 72.6 cm³/mol. The molecule has 2 heterocycles. The number of hydrogen-bond donors (Lipinski definition) is 3. The van der Waals surface area contributed by atoms with Gasteiger partial charge >= 0.3 is 5.97 Å². The van der Waals surface area contributed by atoms with Gasteiger partial charge in [0.1, 0.15) is 5.82 Å². The fourth-order valence-corrected chi connectivity index (χ4v) is 2.18. The molecular weight excluding hydrogens is 296 g/mol. The molecule has 0 saturated carbocycles. The topological polar surface area (TPSA) is 131 Å². The molecule has 1 fully saturated rings. The Morgan fingerprint density at radius 2 is 2.32 bits per heavy atom. The number of aromatic nitrogens is 2.